The molecule has 0 fully saturated rings. The van der Waals surface area contributed by atoms with Gasteiger partial charge in [0.05, 0.1) is 18.8 Å². The van der Waals surface area contributed by atoms with Crippen LogP contribution >= 0.6 is 0 Å². The summed E-state index contributed by atoms with van der Waals surface area (Å²) in [6, 6.07) is 13.7. The summed E-state index contributed by atoms with van der Waals surface area (Å²) in [6.45, 7) is 4.01. The minimum Gasteiger partial charge on any atom is -0.496 e. The molecule has 6 nitrogen and oxygen atoms in total. The van der Waals surface area contributed by atoms with Gasteiger partial charge in [-0.25, -0.2) is 9.67 Å². The second-order valence-corrected chi connectivity index (χ2v) is 6.64. The van der Waals surface area contributed by atoms with E-state index in [1.165, 1.54) is 6.33 Å². The zero-order valence-corrected chi connectivity index (χ0v) is 16.5. The van der Waals surface area contributed by atoms with Gasteiger partial charge in [-0.3, -0.25) is 4.79 Å². The lowest BCUT2D eigenvalue weighted by Crippen LogP contribution is -2.28. The van der Waals surface area contributed by atoms with Gasteiger partial charge in [-0.1, -0.05) is 23.8 Å². The third-order valence-electron chi connectivity index (χ3n) is 4.78. The van der Waals surface area contributed by atoms with Crippen LogP contribution < -0.4 is 4.74 Å². The number of hydrogen-bond donors (Lipinski definition) is 0. The second kappa shape index (κ2) is 8.52. The van der Waals surface area contributed by atoms with Crippen molar-refractivity contribution in [2.75, 3.05) is 14.2 Å². The molecule has 1 aromatic heterocycles. The minimum absolute atomic E-state index is 0.0682. The molecular formula is C22H24N4O2. The molecular weight excluding hydrogens is 352 g/mol. The second-order valence-electron chi connectivity index (χ2n) is 6.64. The number of amides is 1. The van der Waals surface area contributed by atoms with E-state index in [4.69, 9.17) is 4.74 Å². The number of rotatable bonds is 6. The van der Waals surface area contributed by atoms with Crippen molar-refractivity contribution in [1.82, 2.24) is 19.7 Å². The van der Waals surface area contributed by atoms with Gasteiger partial charge in [0.2, 0.25) is 5.91 Å². The Balaban J connectivity index is 1.71. The number of carbonyl (C=O) groups excluding carboxylic acids is 1. The van der Waals surface area contributed by atoms with Crippen molar-refractivity contribution in [1.29, 1.82) is 0 Å². The highest BCUT2D eigenvalue weighted by molar-refractivity contribution is 5.92. The Morgan fingerprint density at radius 3 is 2.61 bits per heavy atom. The number of aromatic nitrogens is 3. The predicted molar refractivity (Wildman–Crippen MR) is 109 cm³/mol. The van der Waals surface area contributed by atoms with E-state index >= 15 is 0 Å². The van der Waals surface area contributed by atoms with Crippen LogP contribution in [0.15, 0.2) is 61.2 Å². The molecule has 3 aromatic rings. The molecule has 6 heteroatoms. The van der Waals surface area contributed by atoms with E-state index in [-0.39, 0.29) is 11.9 Å². The number of likely N-dealkylation sites (N-methyl/N-ethyl adjacent to an activating group) is 1. The Morgan fingerprint density at radius 2 is 1.96 bits per heavy atom. The van der Waals surface area contributed by atoms with Crippen molar-refractivity contribution in [2.45, 2.75) is 19.9 Å². The van der Waals surface area contributed by atoms with Crippen LogP contribution in [0.2, 0.25) is 0 Å². The SMILES string of the molecule is COc1ccc(C)cc1/C=C/C(=O)N(C)[C@@H](C)c1ccc(-n2cncn2)cc1. The number of benzene rings is 2. The summed E-state index contributed by atoms with van der Waals surface area (Å²) < 4.78 is 7.06. The topological polar surface area (TPSA) is 60.2 Å². The van der Waals surface area contributed by atoms with E-state index in [0.29, 0.717) is 0 Å². The molecule has 0 saturated heterocycles. The summed E-state index contributed by atoms with van der Waals surface area (Å²) in [7, 11) is 3.43. The van der Waals surface area contributed by atoms with Crippen molar-refractivity contribution in [3.63, 3.8) is 0 Å². The number of carbonyl (C=O) groups is 1. The molecule has 0 spiro atoms. The van der Waals surface area contributed by atoms with E-state index in [9.17, 15) is 4.79 Å². The first-order valence-electron chi connectivity index (χ1n) is 9.04. The fraction of sp³-hybridized carbons (Fsp3) is 0.227. The number of methoxy groups -OCH3 is 1. The average molecular weight is 376 g/mol. The Morgan fingerprint density at radius 1 is 1.21 bits per heavy atom. The summed E-state index contributed by atoms with van der Waals surface area (Å²) in [4.78, 5) is 18.3. The third kappa shape index (κ3) is 4.28. The Labute approximate surface area is 165 Å². The van der Waals surface area contributed by atoms with Gasteiger partial charge in [0.15, 0.2) is 0 Å². The van der Waals surface area contributed by atoms with Gasteiger partial charge >= 0.3 is 0 Å². The van der Waals surface area contributed by atoms with Crippen LogP contribution in [0, 0.1) is 6.92 Å². The molecule has 1 heterocycles. The zero-order chi connectivity index (χ0) is 20.1. The van der Waals surface area contributed by atoms with Crippen LogP contribution in [0.25, 0.3) is 11.8 Å². The summed E-state index contributed by atoms with van der Waals surface area (Å²) in [5.74, 6) is 0.672. The molecule has 0 saturated carbocycles. The molecule has 0 unspecified atom stereocenters. The number of ether oxygens (including phenoxy) is 1. The lowest BCUT2D eigenvalue weighted by molar-refractivity contribution is -0.126. The van der Waals surface area contributed by atoms with E-state index in [1.807, 2.05) is 56.3 Å². The highest BCUT2D eigenvalue weighted by Crippen LogP contribution is 2.23. The van der Waals surface area contributed by atoms with Crippen molar-refractivity contribution >= 4 is 12.0 Å². The standard InChI is InChI=1S/C22H24N4O2/c1-16-5-11-21(28-4)19(13-16)8-12-22(27)25(3)17(2)18-6-9-20(10-7-18)26-15-23-14-24-26/h5-15,17H,1-4H3/b12-8+/t17-/m0/s1. The normalized spacial score (nSPS) is 12.1. The van der Waals surface area contributed by atoms with Gasteiger partial charge in [-0.15, -0.1) is 0 Å². The summed E-state index contributed by atoms with van der Waals surface area (Å²) in [5, 5.41) is 4.12. The summed E-state index contributed by atoms with van der Waals surface area (Å²) in [6.07, 6.45) is 6.53. The fourth-order valence-electron chi connectivity index (χ4n) is 2.92. The summed E-state index contributed by atoms with van der Waals surface area (Å²) >= 11 is 0. The van der Waals surface area contributed by atoms with Crippen molar-refractivity contribution in [3.8, 4) is 11.4 Å². The maximum Gasteiger partial charge on any atom is 0.246 e. The molecule has 28 heavy (non-hydrogen) atoms. The van der Waals surface area contributed by atoms with Crippen molar-refractivity contribution in [3.05, 3.63) is 77.9 Å². The monoisotopic (exact) mass is 376 g/mol. The molecule has 0 N–H and O–H groups in total. The first kappa shape index (κ1) is 19.4. The van der Waals surface area contributed by atoms with Crippen molar-refractivity contribution < 1.29 is 9.53 Å². The fourth-order valence-corrected chi connectivity index (χ4v) is 2.92. The maximum absolute atomic E-state index is 12.6. The molecule has 0 bridgehead atoms. The van der Waals surface area contributed by atoms with Crippen LogP contribution in [-0.4, -0.2) is 39.7 Å². The average Bonchev–Trinajstić information content (AvgIpc) is 3.26. The largest absolute Gasteiger partial charge is 0.496 e. The molecule has 0 aliphatic rings. The highest BCUT2D eigenvalue weighted by Gasteiger charge is 2.15. The Hall–Kier alpha value is -3.41. The van der Waals surface area contributed by atoms with Gasteiger partial charge in [0.1, 0.15) is 18.4 Å². The molecule has 0 radical (unpaired) electrons. The van der Waals surface area contributed by atoms with E-state index < -0.39 is 0 Å². The third-order valence-corrected chi connectivity index (χ3v) is 4.78. The molecule has 1 atom stereocenters. The van der Waals surface area contributed by atoms with Crippen molar-refractivity contribution in [2.24, 2.45) is 0 Å². The molecule has 144 valence electrons. The van der Waals surface area contributed by atoms with Gasteiger partial charge in [0.25, 0.3) is 0 Å². The van der Waals surface area contributed by atoms with Crippen LogP contribution in [0.4, 0.5) is 0 Å². The number of nitrogens with zero attached hydrogens (tertiary/aromatic N) is 4. The van der Waals surface area contributed by atoms with Crippen LogP contribution in [0.5, 0.6) is 5.75 Å². The first-order chi connectivity index (χ1) is 13.5. The van der Waals surface area contributed by atoms with Gasteiger partial charge < -0.3 is 9.64 Å². The molecule has 1 amide bonds. The lowest BCUT2D eigenvalue weighted by Gasteiger charge is -2.24. The number of aryl methyl sites for hydroxylation is 1. The minimum atomic E-state index is -0.0728. The summed E-state index contributed by atoms with van der Waals surface area (Å²) in [5.41, 5.74) is 3.96. The lowest BCUT2D eigenvalue weighted by atomic mass is 10.1. The molecule has 0 aliphatic heterocycles. The predicted octanol–water partition coefficient (Wildman–Crippen LogP) is 3.82. The quantitative estimate of drug-likeness (QED) is 0.614. The van der Waals surface area contributed by atoms with E-state index in [2.05, 4.69) is 10.1 Å². The van der Waals surface area contributed by atoms with Crippen LogP contribution in [0.1, 0.15) is 29.7 Å². The zero-order valence-electron chi connectivity index (χ0n) is 16.5. The van der Waals surface area contributed by atoms with Gasteiger partial charge in [-0.05, 0) is 49.8 Å². The Kier molecular flexibility index (Phi) is 5.89. The van der Waals surface area contributed by atoms with E-state index in [0.717, 1.165) is 28.1 Å². The maximum atomic E-state index is 12.6. The van der Waals surface area contributed by atoms with Crippen LogP contribution in [-0.2, 0) is 4.79 Å². The molecule has 0 aliphatic carbocycles. The van der Waals surface area contributed by atoms with Gasteiger partial charge in [-0.2, -0.15) is 5.10 Å². The Bertz CT molecular complexity index is 963. The highest BCUT2D eigenvalue weighted by atomic mass is 16.5. The molecule has 3 rings (SSSR count). The smallest absolute Gasteiger partial charge is 0.246 e. The van der Waals surface area contributed by atoms with Gasteiger partial charge in [0, 0.05) is 18.7 Å². The molecule has 2 aromatic carbocycles. The van der Waals surface area contributed by atoms with E-state index in [1.54, 1.807) is 42.2 Å². The number of hydrogen-bond acceptors (Lipinski definition) is 4. The first-order valence-corrected chi connectivity index (χ1v) is 9.04. The van der Waals surface area contributed by atoms with Crippen LogP contribution in [0.3, 0.4) is 0 Å².